The summed E-state index contributed by atoms with van der Waals surface area (Å²) in [5.74, 6) is 0.842. The third kappa shape index (κ3) is 4.94. The van der Waals surface area contributed by atoms with E-state index in [1.165, 1.54) is 0 Å². The van der Waals surface area contributed by atoms with Gasteiger partial charge in [0, 0.05) is 13.2 Å². The molecule has 5 heteroatoms. The molecule has 25 heavy (non-hydrogen) atoms. The largest absolute Gasteiger partial charge is 0.497 e. The first-order valence-corrected chi connectivity index (χ1v) is 9.02. The van der Waals surface area contributed by atoms with Crippen LogP contribution in [0.15, 0.2) is 54.6 Å². The maximum absolute atomic E-state index is 5.64. The normalized spacial score (nSPS) is 17.7. The van der Waals surface area contributed by atoms with Crippen molar-refractivity contribution in [3.63, 3.8) is 0 Å². The van der Waals surface area contributed by atoms with E-state index in [4.69, 9.17) is 21.7 Å². The molecular formula is C20H24N2O2S. The van der Waals surface area contributed by atoms with Gasteiger partial charge in [0.05, 0.1) is 19.3 Å². The standard InChI is InChI=1S/C20H24N2O2S/c1-23-17-11-9-16(10-12-17)19(15-6-3-2-4-7-15)22-20(25)21-14-18-8-5-13-24-18/h2-4,6-7,9-12,18-19H,5,8,13-14H2,1H3,(H2,21,22,25)/t18-,19+/m0/s1. The Morgan fingerprint density at radius 3 is 2.52 bits per heavy atom. The zero-order valence-corrected chi connectivity index (χ0v) is 15.2. The summed E-state index contributed by atoms with van der Waals surface area (Å²) in [6, 6.07) is 18.3. The van der Waals surface area contributed by atoms with Gasteiger partial charge in [-0.3, -0.25) is 0 Å². The highest BCUT2D eigenvalue weighted by Gasteiger charge is 2.18. The van der Waals surface area contributed by atoms with Gasteiger partial charge in [-0.1, -0.05) is 42.5 Å². The fourth-order valence-corrected chi connectivity index (χ4v) is 3.20. The molecule has 0 aromatic heterocycles. The molecule has 1 heterocycles. The lowest BCUT2D eigenvalue weighted by Gasteiger charge is -2.23. The van der Waals surface area contributed by atoms with E-state index in [1.54, 1.807) is 7.11 Å². The van der Waals surface area contributed by atoms with Gasteiger partial charge in [0.25, 0.3) is 0 Å². The molecule has 0 aliphatic carbocycles. The summed E-state index contributed by atoms with van der Waals surface area (Å²) in [5.41, 5.74) is 2.29. The Morgan fingerprint density at radius 2 is 1.88 bits per heavy atom. The molecule has 0 spiro atoms. The van der Waals surface area contributed by atoms with Crippen LogP contribution in [0.3, 0.4) is 0 Å². The number of hydrogen-bond donors (Lipinski definition) is 2. The van der Waals surface area contributed by atoms with Crippen molar-refractivity contribution in [1.29, 1.82) is 0 Å². The van der Waals surface area contributed by atoms with E-state index in [-0.39, 0.29) is 12.1 Å². The lowest BCUT2D eigenvalue weighted by Crippen LogP contribution is -2.41. The molecule has 1 aliphatic rings. The van der Waals surface area contributed by atoms with Crippen LogP contribution in [0.5, 0.6) is 5.75 Å². The van der Waals surface area contributed by atoms with E-state index < -0.39 is 0 Å². The molecule has 132 valence electrons. The number of nitrogens with one attached hydrogen (secondary N) is 2. The van der Waals surface area contributed by atoms with Gasteiger partial charge in [-0.25, -0.2) is 0 Å². The number of ether oxygens (including phenoxy) is 2. The van der Waals surface area contributed by atoms with Gasteiger partial charge in [0.15, 0.2) is 5.11 Å². The van der Waals surface area contributed by atoms with Crippen LogP contribution in [-0.2, 0) is 4.74 Å². The Morgan fingerprint density at radius 1 is 1.16 bits per heavy atom. The van der Waals surface area contributed by atoms with E-state index in [2.05, 4.69) is 34.9 Å². The maximum atomic E-state index is 5.64. The summed E-state index contributed by atoms with van der Waals surface area (Å²) >= 11 is 5.51. The van der Waals surface area contributed by atoms with Crippen molar-refractivity contribution in [2.24, 2.45) is 0 Å². The second-order valence-electron chi connectivity index (χ2n) is 6.11. The van der Waals surface area contributed by atoms with Crippen LogP contribution in [0, 0.1) is 0 Å². The van der Waals surface area contributed by atoms with E-state index in [9.17, 15) is 0 Å². The molecule has 2 aromatic rings. The Balaban J connectivity index is 1.70. The molecule has 4 nitrogen and oxygen atoms in total. The average Bonchev–Trinajstić information content (AvgIpc) is 3.19. The molecule has 2 atom stereocenters. The minimum Gasteiger partial charge on any atom is -0.497 e. The summed E-state index contributed by atoms with van der Waals surface area (Å²) in [5, 5.41) is 7.36. The molecule has 1 fully saturated rings. The van der Waals surface area contributed by atoms with Crippen LogP contribution < -0.4 is 15.4 Å². The minimum absolute atomic E-state index is 0.0170. The number of thiocarbonyl (C=S) groups is 1. The third-order valence-corrected chi connectivity index (χ3v) is 4.63. The molecule has 1 aliphatic heterocycles. The highest BCUT2D eigenvalue weighted by atomic mass is 32.1. The molecule has 0 amide bonds. The van der Waals surface area contributed by atoms with E-state index in [1.807, 2.05) is 30.3 Å². The molecular weight excluding hydrogens is 332 g/mol. The highest BCUT2D eigenvalue weighted by molar-refractivity contribution is 7.80. The molecule has 0 unspecified atom stereocenters. The molecule has 0 radical (unpaired) electrons. The Bertz CT molecular complexity index is 670. The van der Waals surface area contributed by atoms with Gasteiger partial charge in [-0.05, 0) is 48.3 Å². The lowest BCUT2D eigenvalue weighted by atomic mass is 9.99. The first-order chi connectivity index (χ1) is 12.3. The predicted octanol–water partition coefficient (Wildman–Crippen LogP) is 3.43. The first-order valence-electron chi connectivity index (χ1n) is 8.61. The molecule has 3 rings (SSSR count). The first kappa shape index (κ1) is 17.7. The minimum atomic E-state index is -0.0170. The van der Waals surface area contributed by atoms with Gasteiger partial charge in [0.1, 0.15) is 5.75 Å². The zero-order chi connectivity index (χ0) is 17.5. The second-order valence-corrected chi connectivity index (χ2v) is 6.51. The molecule has 2 N–H and O–H groups in total. The van der Waals surface area contributed by atoms with Crippen LogP contribution in [-0.4, -0.2) is 31.5 Å². The van der Waals surface area contributed by atoms with Gasteiger partial charge in [0.2, 0.25) is 0 Å². The summed E-state index contributed by atoms with van der Waals surface area (Å²) in [6.45, 7) is 1.60. The summed E-state index contributed by atoms with van der Waals surface area (Å²) in [6.07, 6.45) is 2.48. The fraction of sp³-hybridized carbons (Fsp3) is 0.350. The highest BCUT2D eigenvalue weighted by Crippen LogP contribution is 2.24. The summed E-state index contributed by atoms with van der Waals surface area (Å²) in [4.78, 5) is 0. The van der Waals surface area contributed by atoms with Crippen molar-refractivity contribution in [2.45, 2.75) is 25.0 Å². The third-order valence-electron chi connectivity index (χ3n) is 4.37. The van der Waals surface area contributed by atoms with Crippen LogP contribution in [0.1, 0.15) is 30.0 Å². The van der Waals surface area contributed by atoms with Crippen LogP contribution in [0.4, 0.5) is 0 Å². The van der Waals surface area contributed by atoms with Crippen molar-refractivity contribution in [3.05, 3.63) is 65.7 Å². The van der Waals surface area contributed by atoms with E-state index in [0.717, 1.165) is 42.9 Å². The molecule has 0 bridgehead atoms. The van der Waals surface area contributed by atoms with E-state index in [0.29, 0.717) is 5.11 Å². The van der Waals surface area contributed by atoms with E-state index >= 15 is 0 Å². The van der Waals surface area contributed by atoms with Gasteiger partial charge in [-0.2, -0.15) is 0 Å². The predicted molar refractivity (Wildman–Crippen MR) is 104 cm³/mol. The molecule has 2 aromatic carbocycles. The summed E-state index contributed by atoms with van der Waals surface area (Å²) in [7, 11) is 1.67. The summed E-state index contributed by atoms with van der Waals surface area (Å²) < 4.78 is 10.9. The van der Waals surface area contributed by atoms with Gasteiger partial charge < -0.3 is 20.1 Å². The maximum Gasteiger partial charge on any atom is 0.167 e. The van der Waals surface area contributed by atoms with Crippen LogP contribution in [0.2, 0.25) is 0 Å². The topological polar surface area (TPSA) is 42.5 Å². The zero-order valence-electron chi connectivity index (χ0n) is 14.4. The molecule has 1 saturated heterocycles. The van der Waals surface area contributed by atoms with Gasteiger partial charge >= 0.3 is 0 Å². The number of rotatable bonds is 6. The second kappa shape index (κ2) is 8.83. The smallest absolute Gasteiger partial charge is 0.167 e. The van der Waals surface area contributed by atoms with Crippen LogP contribution >= 0.6 is 12.2 Å². The van der Waals surface area contributed by atoms with Crippen LogP contribution in [0.25, 0.3) is 0 Å². The van der Waals surface area contributed by atoms with Crippen molar-refractivity contribution in [2.75, 3.05) is 20.3 Å². The lowest BCUT2D eigenvalue weighted by molar-refractivity contribution is 0.114. The Labute approximate surface area is 154 Å². The SMILES string of the molecule is COc1ccc([C@H](NC(=S)NC[C@@H]2CCCO2)c2ccccc2)cc1. The average molecular weight is 356 g/mol. The quantitative estimate of drug-likeness (QED) is 0.776. The monoisotopic (exact) mass is 356 g/mol. The van der Waals surface area contributed by atoms with Crippen molar-refractivity contribution < 1.29 is 9.47 Å². The number of benzene rings is 2. The fourth-order valence-electron chi connectivity index (χ4n) is 2.99. The van der Waals surface area contributed by atoms with Crippen molar-refractivity contribution in [1.82, 2.24) is 10.6 Å². The van der Waals surface area contributed by atoms with Crippen molar-refractivity contribution in [3.8, 4) is 5.75 Å². The number of methoxy groups -OCH3 is 1. The molecule has 0 saturated carbocycles. The van der Waals surface area contributed by atoms with Crippen molar-refractivity contribution >= 4 is 17.3 Å². The Hall–Kier alpha value is -2.11. The van der Waals surface area contributed by atoms with Gasteiger partial charge in [-0.15, -0.1) is 0 Å². The number of hydrogen-bond acceptors (Lipinski definition) is 3. The Kier molecular flexibility index (Phi) is 6.25.